The van der Waals surface area contributed by atoms with E-state index < -0.39 is 21.9 Å². The summed E-state index contributed by atoms with van der Waals surface area (Å²) in [7, 11) is -3.63. The fraction of sp³-hybridized carbons (Fsp3) is 0.412. The highest BCUT2D eigenvalue weighted by Crippen LogP contribution is 2.36. The molecule has 2 atom stereocenters. The fourth-order valence-electron chi connectivity index (χ4n) is 6.57. The molecule has 3 aromatic rings. The number of piperazine rings is 1. The van der Waals surface area contributed by atoms with Gasteiger partial charge in [-0.05, 0) is 60.7 Å². The molecule has 6 rings (SSSR count). The molecule has 2 amide bonds. The van der Waals surface area contributed by atoms with Crippen molar-refractivity contribution in [3.05, 3.63) is 88.6 Å². The van der Waals surface area contributed by atoms with Gasteiger partial charge in [-0.3, -0.25) is 13.9 Å². The summed E-state index contributed by atoms with van der Waals surface area (Å²) in [6.07, 6.45) is 3.26. The number of hydrogen-bond donors (Lipinski definition) is 1. The highest BCUT2D eigenvalue weighted by molar-refractivity contribution is 7.93. The Morgan fingerprint density at radius 3 is 2.46 bits per heavy atom. The van der Waals surface area contributed by atoms with Crippen LogP contribution in [0.5, 0.6) is 0 Å². The fourth-order valence-corrected chi connectivity index (χ4v) is 8.15. The Morgan fingerprint density at radius 1 is 1.02 bits per heavy atom. The lowest BCUT2D eigenvalue weighted by Gasteiger charge is -2.36. The minimum atomic E-state index is -3.63. The molecular weight excluding hydrogens is 606 g/mol. The van der Waals surface area contributed by atoms with E-state index in [2.05, 4.69) is 28.2 Å². The molecule has 0 aliphatic carbocycles. The summed E-state index contributed by atoms with van der Waals surface area (Å²) in [6.45, 7) is 6.85. The third-order valence-electron chi connectivity index (χ3n) is 9.09. The van der Waals surface area contributed by atoms with E-state index in [9.17, 15) is 22.8 Å². The van der Waals surface area contributed by atoms with Gasteiger partial charge in [0.25, 0.3) is 5.91 Å². The first-order valence-corrected chi connectivity index (χ1v) is 17.4. The van der Waals surface area contributed by atoms with Gasteiger partial charge in [-0.2, -0.15) is 0 Å². The number of esters is 1. The van der Waals surface area contributed by atoms with Crippen molar-refractivity contribution in [2.45, 2.75) is 32.6 Å². The number of anilines is 2. The van der Waals surface area contributed by atoms with Crippen molar-refractivity contribution in [1.82, 2.24) is 15.2 Å². The molecule has 3 saturated heterocycles. The lowest BCUT2D eigenvalue weighted by atomic mass is 9.87. The second-order valence-corrected chi connectivity index (χ2v) is 14.1. The van der Waals surface area contributed by atoms with Crippen molar-refractivity contribution < 1.29 is 27.5 Å². The Balaban J connectivity index is 1.23. The van der Waals surface area contributed by atoms with Gasteiger partial charge >= 0.3 is 5.97 Å². The Bertz CT molecular complexity index is 1740. The van der Waals surface area contributed by atoms with Crippen LogP contribution < -0.4 is 14.5 Å². The van der Waals surface area contributed by atoms with E-state index >= 15 is 0 Å². The SMILES string of the molecule is CCc1cnc(N2CCN(C(=O)c3ccc([C@@H]4C(=O)NCC4COC(=O)c4ccccc4)cc3N3CCCS3(=O)=O)CC2)c(C)c1. The molecule has 3 aliphatic heterocycles. The predicted octanol–water partition coefficient (Wildman–Crippen LogP) is 3.14. The van der Waals surface area contributed by atoms with Gasteiger partial charge in [-0.25, -0.2) is 18.2 Å². The van der Waals surface area contributed by atoms with Gasteiger partial charge in [0.1, 0.15) is 5.82 Å². The highest BCUT2D eigenvalue weighted by atomic mass is 32.2. The zero-order chi connectivity index (χ0) is 32.4. The van der Waals surface area contributed by atoms with Crippen LogP contribution in [-0.2, 0) is 26.0 Å². The molecule has 3 aliphatic rings. The van der Waals surface area contributed by atoms with Crippen LogP contribution in [0.25, 0.3) is 0 Å². The Kier molecular flexibility index (Phi) is 8.99. The van der Waals surface area contributed by atoms with Gasteiger partial charge in [0.2, 0.25) is 15.9 Å². The standard InChI is InChI=1S/C34H39N5O6S/c1-3-24-18-23(2)31(35-20-24)37-13-15-38(16-14-37)33(41)28-11-10-26(19-29(28)39-12-7-17-46(39,43)44)30-27(21-36-32(30)40)22-45-34(42)25-8-5-4-6-9-25/h4-6,8-11,18-20,27,30H,3,7,12-17,21-22H2,1-2H3,(H,36,40)/t27?,30-/m0/s1. The number of sulfonamides is 1. The molecule has 0 saturated carbocycles. The molecule has 0 spiro atoms. The molecule has 4 heterocycles. The van der Waals surface area contributed by atoms with E-state index in [1.807, 2.05) is 19.2 Å². The number of aryl methyl sites for hydroxylation is 2. The van der Waals surface area contributed by atoms with Crippen LogP contribution in [0.15, 0.2) is 60.8 Å². The monoisotopic (exact) mass is 645 g/mol. The summed E-state index contributed by atoms with van der Waals surface area (Å²) < 4.78 is 33.1. The number of pyridine rings is 1. The van der Waals surface area contributed by atoms with E-state index in [4.69, 9.17) is 4.74 Å². The maximum Gasteiger partial charge on any atom is 0.338 e. The van der Waals surface area contributed by atoms with Gasteiger partial charge in [0, 0.05) is 51.4 Å². The first-order valence-electron chi connectivity index (χ1n) is 15.8. The minimum absolute atomic E-state index is 0.00528. The number of nitrogens with one attached hydrogen (secondary N) is 1. The number of hydrogen-bond acceptors (Lipinski definition) is 8. The highest BCUT2D eigenvalue weighted by Gasteiger charge is 2.39. The van der Waals surface area contributed by atoms with Gasteiger partial charge in [-0.1, -0.05) is 37.3 Å². The average molecular weight is 646 g/mol. The number of benzene rings is 2. The molecule has 242 valence electrons. The van der Waals surface area contributed by atoms with Crippen molar-refractivity contribution in [2.24, 2.45) is 5.92 Å². The number of amides is 2. The summed E-state index contributed by atoms with van der Waals surface area (Å²) in [5.41, 5.74) is 3.84. The molecule has 0 radical (unpaired) electrons. The lowest BCUT2D eigenvalue weighted by molar-refractivity contribution is -0.120. The summed E-state index contributed by atoms with van der Waals surface area (Å²) in [5.74, 6) is -1.09. The molecular formula is C34H39N5O6S. The van der Waals surface area contributed by atoms with Crippen molar-refractivity contribution >= 4 is 39.3 Å². The minimum Gasteiger partial charge on any atom is -0.462 e. The average Bonchev–Trinajstić information content (AvgIpc) is 3.63. The summed E-state index contributed by atoms with van der Waals surface area (Å²) >= 11 is 0. The first-order chi connectivity index (χ1) is 22.2. The molecule has 3 fully saturated rings. The molecule has 1 aromatic heterocycles. The van der Waals surface area contributed by atoms with E-state index in [-0.39, 0.29) is 47.9 Å². The molecule has 1 unspecified atom stereocenters. The second kappa shape index (κ2) is 13.1. The van der Waals surface area contributed by atoms with Gasteiger partial charge in [-0.15, -0.1) is 0 Å². The smallest absolute Gasteiger partial charge is 0.338 e. The third-order valence-corrected chi connectivity index (χ3v) is 10.9. The zero-order valence-electron chi connectivity index (χ0n) is 26.1. The largest absolute Gasteiger partial charge is 0.462 e. The molecule has 0 bridgehead atoms. The van der Waals surface area contributed by atoms with Gasteiger partial charge < -0.3 is 19.9 Å². The predicted molar refractivity (Wildman–Crippen MR) is 175 cm³/mol. The second-order valence-electron chi connectivity index (χ2n) is 12.1. The van der Waals surface area contributed by atoms with Crippen molar-refractivity contribution in [1.29, 1.82) is 0 Å². The Labute approximate surface area is 269 Å². The third kappa shape index (κ3) is 6.31. The van der Waals surface area contributed by atoms with Gasteiger partial charge in [0.05, 0.1) is 35.1 Å². The lowest BCUT2D eigenvalue weighted by Crippen LogP contribution is -2.49. The van der Waals surface area contributed by atoms with Crippen LogP contribution in [0.2, 0.25) is 0 Å². The normalized spacial score (nSPS) is 20.9. The van der Waals surface area contributed by atoms with Crippen molar-refractivity contribution in [3.63, 3.8) is 0 Å². The van der Waals surface area contributed by atoms with Crippen LogP contribution in [0, 0.1) is 12.8 Å². The van der Waals surface area contributed by atoms with E-state index in [1.54, 1.807) is 47.4 Å². The molecule has 12 heteroatoms. The van der Waals surface area contributed by atoms with Crippen molar-refractivity contribution in [3.8, 4) is 0 Å². The Morgan fingerprint density at radius 2 is 1.78 bits per heavy atom. The quantitative estimate of drug-likeness (QED) is 0.370. The molecule has 11 nitrogen and oxygen atoms in total. The maximum atomic E-state index is 14.0. The van der Waals surface area contributed by atoms with E-state index in [1.165, 1.54) is 9.87 Å². The zero-order valence-corrected chi connectivity index (χ0v) is 27.0. The number of nitrogens with zero attached hydrogens (tertiary/aromatic N) is 4. The topological polar surface area (TPSA) is 129 Å². The van der Waals surface area contributed by atoms with Crippen molar-refractivity contribution in [2.75, 3.05) is 60.8 Å². The van der Waals surface area contributed by atoms with Crippen LogP contribution in [0.3, 0.4) is 0 Å². The number of carbonyl (C=O) groups is 3. The molecule has 46 heavy (non-hydrogen) atoms. The maximum absolute atomic E-state index is 14.0. The number of aromatic nitrogens is 1. The summed E-state index contributed by atoms with van der Waals surface area (Å²) in [5, 5.41) is 2.86. The summed E-state index contributed by atoms with van der Waals surface area (Å²) in [4.78, 5) is 48.2. The van der Waals surface area contributed by atoms with Crippen LogP contribution >= 0.6 is 0 Å². The Hall–Kier alpha value is -4.45. The number of ether oxygens (including phenoxy) is 1. The molecule has 2 aromatic carbocycles. The summed E-state index contributed by atoms with van der Waals surface area (Å²) in [6, 6.07) is 15.8. The first kappa shape index (κ1) is 31.5. The van der Waals surface area contributed by atoms with Crippen LogP contribution in [-0.4, -0.2) is 87.7 Å². The van der Waals surface area contributed by atoms with Crippen LogP contribution in [0.1, 0.15) is 56.7 Å². The molecule has 1 N–H and O–H groups in total. The van der Waals surface area contributed by atoms with Gasteiger partial charge in [0.15, 0.2) is 0 Å². The van der Waals surface area contributed by atoms with E-state index in [0.717, 1.165) is 17.8 Å². The van der Waals surface area contributed by atoms with Crippen LogP contribution in [0.4, 0.5) is 11.5 Å². The number of rotatable bonds is 8. The van der Waals surface area contributed by atoms with E-state index in [0.29, 0.717) is 50.3 Å². The number of carbonyl (C=O) groups excluding carboxylic acids is 3.